The van der Waals surface area contributed by atoms with Gasteiger partial charge < -0.3 is 139 Å². The fourth-order valence-electron chi connectivity index (χ4n) is 12.0. The first-order valence-electron chi connectivity index (χ1n) is 40.7. The number of amides is 16. The average molecular weight is 1820 g/mol. The predicted octanol–water partition coefficient (Wildman–Crippen LogP) is -7.97. The molecule has 0 fully saturated rings. The van der Waals surface area contributed by atoms with Crippen molar-refractivity contribution in [1.29, 1.82) is 10.8 Å². The van der Waals surface area contributed by atoms with Crippen molar-refractivity contribution in [2.45, 2.75) is 217 Å². The highest BCUT2D eigenvalue weighted by molar-refractivity contribution is 7.80. The lowest BCUT2D eigenvalue weighted by Gasteiger charge is -2.30. The molecule has 46 nitrogen and oxygen atoms in total. The maximum absolute atomic E-state index is 14.3. The third-order valence-corrected chi connectivity index (χ3v) is 20.0. The largest absolute Gasteiger partial charge is 0.508 e. The van der Waals surface area contributed by atoms with E-state index < -0.39 is 278 Å². The molecular weight excluding hydrogens is 1690 g/mol. The Morgan fingerprint density at radius 3 is 1.20 bits per heavy atom. The molecule has 0 saturated heterocycles. The number of aliphatic carboxylic acids is 2. The van der Waals surface area contributed by atoms with Gasteiger partial charge in [-0.2, -0.15) is 25.3 Å². The van der Waals surface area contributed by atoms with Gasteiger partial charge in [-0.1, -0.05) is 104 Å². The average Bonchev–Trinajstić information content (AvgIpc) is 0.833. The number of hydrogen-bond acceptors (Lipinski definition) is 26. The molecule has 2 rings (SSSR count). The summed E-state index contributed by atoms with van der Waals surface area (Å²) in [4.78, 5) is 244. The van der Waals surface area contributed by atoms with Crippen LogP contribution in [-0.4, -0.2) is 279 Å². The van der Waals surface area contributed by atoms with E-state index in [-0.39, 0.29) is 75.7 Å². The molecule has 702 valence electrons. The van der Waals surface area contributed by atoms with Crippen molar-refractivity contribution >= 4 is 144 Å². The van der Waals surface area contributed by atoms with Gasteiger partial charge in [0, 0.05) is 50.3 Å². The molecule has 15 atom stereocenters. The molecule has 0 bridgehead atoms. The second kappa shape index (κ2) is 57.4. The van der Waals surface area contributed by atoms with Gasteiger partial charge in [0.1, 0.15) is 84.3 Å². The maximum atomic E-state index is 14.3. The number of phenols is 1. The first-order valence-corrected chi connectivity index (χ1v) is 41.9. The van der Waals surface area contributed by atoms with Crippen molar-refractivity contribution in [2.24, 2.45) is 46.6 Å². The van der Waals surface area contributed by atoms with Crippen LogP contribution in [0.1, 0.15) is 131 Å². The summed E-state index contributed by atoms with van der Waals surface area (Å²) in [5.74, 6) is -23.2. The Morgan fingerprint density at radius 1 is 0.397 bits per heavy atom. The van der Waals surface area contributed by atoms with E-state index in [2.05, 4.69) is 116 Å². The lowest BCUT2D eigenvalue weighted by Crippen LogP contribution is -2.62. The van der Waals surface area contributed by atoms with Crippen LogP contribution in [0.5, 0.6) is 5.75 Å². The number of nitrogens with one attached hydrogen (secondary N) is 19. The van der Waals surface area contributed by atoms with E-state index in [0.717, 1.165) is 0 Å². The van der Waals surface area contributed by atoms with E-state index in [9.17, 15) is 112 Å². The third-order valence-electron chi connectivity index (χ3n) is 19.2. The van der Waals surface area contributed by atoms with Crippen LogP contribution in [-0.2, 0) is 99.1 Å². The summed E-state index contributed by atoms with van der Waals surface area (Å²) in [7, 11) is 0. The minimum atomic E-state index is -1.94. The van der Waals surface area contributed by atoms with Crippen molar-refractivity contribution < 1.29 is 112 Å². The standard InChI is InChI=1S/C78H125N23O23S2/c1-9-41(8)62(101-68(115)47(18-14-28-86-78(83)84)91-63(110)45(79)29-38(2)3)75(122)100-61(40(6)7)74(121)94-49(23-25-56(80)105)67(114)98-55(37-126)72(119)92-46(17-13-27-85-77(81)82)66(113)96-53(35-103)71(118)99-60(39(4)5)73(120)93-48(24-26-59(108)109)64(111)87-33-58(107)90-52(34-102)70(117)97-54(36-125)65(112)88-32-57(106)89-50(30-42-15-11-10-12-16-42)69(116)95-51(76(123)124)31-43-19-21-44(104)22-20-43/h10-12,15-16,19-22,38-41,45-55,60-62,102-104,125-126H,9,13-14,17-18,23-37,79H2,1-8H3,(H2,80,105)(H,87,111)(H,88,112)(H,89,106)(H,90,107)(H,91,110)(H,92,119)(H,93,120)(H,94,121)(H,95,116)(H,96,113)(H,97,117)(H,98,114)(H,99,118)(H,100,122)(H,101,115)(H,108,109)(H,123,124)(H4,81,82,85)(H4,83,84,86)/t41-,45-,46-,47-,48-,49-,50-,51-,52-,53-,54-,55-,60?,61-,62-/m0/s1. The van der Waals surface area contributed by atoms with Gasteiger partial charge in [0.15, 0.2) is 11.9 Å². The third kappa shape index (κ3) is 41.5. The van der Waals surface area contributed by atoms with Gasteiger partial charge in [-0.05, 0) is 91.9 Å². The monoisotopic (exact) mass is 1820 g/mol. The molecule has 0 spiro atoms. The SMILES string of the molecule is CC[C@H](C)[C@H](NC(=O)[C@H](CCCNC(=N)N)NC(=O)[C@@H](N)CC(C)C)C(=O)N[C@H](C(=O)N[C@@H](CCC(N)=O)C(=O)N[C@@H](CS)C(=O)N[C@@H](CCCNC(=N)N)C(=O)N[C@@H](CO)C(=O)NC(C(=O)N[C@@H](CCC(=O)O)C(=O)NCC(=O)N[C@@H](CO)C(=O)N[C@@H](CS)C(=O)NCC(=O)N[C@@H](Cc1ccccc1)C(=O)N[C@@H](Cc1ccc(O)cc1)C(=O)O)C(C)C)C(C)C. The van der Waals surface area contributed by atoms with E-state index in [1.165, 1.54) is 38.1 Å². The Morgan fingerprint density at radius 2 is 0.746 bits per heavy atom. The van der Waals surface area contributed by atoms with Gasteiger partial charge in [-0.15, -0.1) is 0 Å². The molecule has 0 aliphatic carbocycles. The summed E-state index contributed by atoms with van der Waals surface area (Å²) < 4.78 is 0. The quantitative estimate of drug-likeness (QED) is 0.0127. The number of thiol groups is 2. The number of primary amides is 1. The minimum absolute atomic E-state index is 0.0166. The Bertz CT molecular complexity index is 4040. The van der Waals surface area contributed by atoms with Crippen LogP contribution in [0.2, 0.25) is 0 Å². The summed E-state index contributed by atoms with van der Waals surface area (Å²) in [6.07, 6.45) is -2.25. The molecule has 2 aromatic carbocycles. The predicted molar refractivity (Wildman–Crippen MR) is 463 cm³/mol. The molecule has 0 aliphatic heterocycles. The number of rotatable bonds is 59. The van der Waals surface area contributed by atoms with Crippen molar-refractivity contribution in [3.05, 3.63) is 65.7 Å². The molecule has 48 heteroatoms. The molecule has 16 amide bonds. The molecule has 0 radical (unpaired) electrons. The smallest absolute Gasteiger partial charge is 0.326 e. The first kappa shape index (κ1) is 110. The van der Waals surface area contributed by atoms with Crippen LogP contribution >= 0.6 is 25.3 Å². The van der Waals surface area contributed by atoms with Crippen molar-refractivity contribution in [3.8, 4) is 5.75 Å². The Hall–Kier alpha value is -12.2. The molecule has 1 unspecified atom stereocenters. The van der Waals surface area contributed by atoms with Gasteiger partial charge in [0.25, 0.3) is 0 Å². The Balaban J connectivity index is 2.29. The van der Waals surface area contributed by atoms with Crippen LogP contribution in [0, 0.1) is 34.5 Å². The highest BCUT2D eigenvalue weighted by atomic mass is 32.1. The second-order valence-corrected chi connectivity index (χ2v) is 31.5. The number of hydrogen-bond donors (Lipinski definition) is 30. The van der Waals surface area contributed by atoms with E-state index >= 15 is 0 Å². The zero-order chi connectivity index (χ0) is 95.2. The van der Waals surface area contributed by atoms with Gasteiger partial charge in [0.05, 0.1) is 32.3 Å². The maximum Gasteiger partial charge on any atom is 0.326 e. The van der Waals surface area contributed by atoms with E-state index in [0.29, 0.717) is 17.5 Å². The Labute approximate surface area is 739 Å². The topological polar surface area (TPSA) is 765 Å². The molecule has 0 aromatic heterocycles. The van der Waals surface area contributed by atoms with Gasteiger partial charge in [0.2, 0.25) is 94.5 Å². The number of benzene rings is 2. The van der Waals surface area contributed by atoms with Crippen molar-refractivity contribution in [1.82, 2.24) is 90.4 Å². The zero-order valence-corrected chi connectivity index (χ0v) is 73.3. The van der Waals surface area contributed by atoms with E-state index in [1.807, 2.05) is 13.8 Å². The fraction of sp³-hybridized carbons (Fsp3) is 0.590. The number of phenolic OH excluding ortho intramolecular Hbond substituents is 1. The summed E-state index contributed by atoms with van der Waals surface area (Å²) in [5, 5.41) is 106. The highest BCUT2D eigenvalue weighted by Gasteiger charge is 2.39. The number of guanidine groups is 2. The Kier molecular flexibility index (Phi) is 50.0. The molecule has 2 aromatic rings. The molecule has 126 heavy (non-hydrogen) atoms. The van der Waals surface area contributed by atoms with Crippen molar-refractivity contribution in [2.75, 3.05) is 50.9 Å². The molecular formula is C78H125N23O23S2. The summed E-state index contributed by atoms with van der Waals surface area (Å²) in [6, 6.07) is -7.75. The van der Waals surface area contributed by atoms with Crippen LogP contribution in [0.15, 0.2) is 54.6 Å². The number of carbonyl (C=O) groups excluding carboxylic acids is 16. The van der Waals surface area contributed by atoms with Crippen molar-refractivity contribution in [3.63, 3.8) is 0 Å². The fourth-order valence-corrected chi connectivity index (χ4v) is 12.5. The number of carboxylic acids is 2. The number of carboxylic acid groups (broad SMARTS) is 2. The lowest BCUT2D eigenvalue weighted by atomic mass is 9.95. The van der Waals surface area contributed by atoms with Crippen LogP contribution in [0.25, 0.3) is 0 Å². The van der Waals surface area contributed by atoms with Crippen LogP contribution < -0.4 is 113 Å². The molecule has 0 heterocycles. The number of aromatic hydroxyl groups is 1. The van der Waals surface area contributed by atoms with Crippen LogP contribution in [0.4, 0.5) is 0 Å². The summed E-state index contributed by atoms with van der Waals surface area (Å²) in [5.41, 5.74) is 23.5. The number of aliphatic hydroxyl groups excluding tert-OH is 2. The van der Waals surface area contributed by atoms with E-state index in [4.69, 9.17) is 33.8 Å². The van der Waals surface area contributed by atoms with E-state index in [1.54, 1.807) is 58.0 Å². The second-order valence-electron chi connectivity index (χ2n) is 30.8. The number of aliphatic hydroxyl groups is 2. The normalized spacial score (nSPS) is 14.6. The lowest BCUT2D eigenvalue weighted by molar-refractivity contribution is -0.142. The highest BCUT2D eigenvalue weighted by Crippen LogP contribution is 2.17. The molecule has 0 aliphatic rings. The molecule has 32 N–H and O–H groups in total. The number of carbonyl (C=O) groups is 18. The molecule has 0 saturated carbocycles. The van der Waals surface area contributed by atoms with Gasteiger partial charge in [-0.3, -0.25) is 92.3 Å². The van der Waals surface area contributed by atoms with Gasteiger partial charge in [-0.25, -0.2) is 4.79 Å². The zero-order valence-electron chi connectivity index (χ0n) is 71.5. The first-order chi connectivity index (χ1) is 59.3. The summed E-state index contributed by atoms with van der Waals surface area (Å²) >= 11 is 8.34. The minimum Gasteiger partial charge on any atom is -0.508 e. The number of nitrogens with two attached hydrogens (primary N) is 4. The van der Waals surface area contributed by atoms with Crippen LogP contribution in [0.3, 0.4) is 0 Å². The van der Waals surface area contributed by atoms with Gasteiger partial charge >= 0.3 is 11.9 Å². The summed E-state index contributed by atoms with van der Waals surface area (Å²) in [6.45, 7) is 9.01.